The van der Waals surface area contributed by atoms with E-state index in [0.717, 1.165) is 16.9 Å². The highest BCUT2D eigenvalue weighted by molar-refractivity contribution is 7.20. The molecule has 1 aliphatic heterocycles. The van der Waals surface area contributed by atoms with Crippen molar-refractivity contribution >= 4 is 28.7 Å². The second kappa shape index (κ2) is 6.29. The Kier molecular flexibility index (Phi) is 4.22. The van der Waals surface area contributed by atoms with Gasteiger partial charge >= 0.3 is 5.97 Å². The standard InChI is InChI=1S/C16H15NO4S/c18-10-17(12-6-7-21-9-12)15-13(16(19)20)8-14(22-15)11-4-2-1-3-5-11/h1-5,8,10,12H,6-7,9H2,(H,19,20). The number of carbonyl (C=O) groups is 2. The number of rotatable bonds is 5. The van der Waals surface area contributed by atoms with Crippen LogP contribution in [0.15, 0.2) is 36.4 Å². The molecule has 114 valence electrons. The minimum Gasteiger partial charge on any atom is -0.478 e. The Balaban J connectivity index is 2.03. The van der Waals surface area contributed by atoms with E-state index in [0.29, 0.717) is 24.6 Å². The lowest BCUT2D eigenvalue weighted by atomic mass is 10.1. The van der Waals surface area contributed by atoms with Crippen molar-refractivity contribution in [2.24, 2.45) is 0 Å². The molecule has 0 spiro atoms. The fourth-order valence-electron chi connectivity index (χ4n) is 2.51. The zero-order chi connectivity index (χ0) is 15.5. The first-order valence-electron chi connectivity index (χ1n) is 6.94. The largest absolute Gasteiger partial charge is 0.478 e. The number of carboxylic acid groups (broad SMARTS) is 1. The van der Waals surface area contributed by atoms with Gasteiger partial charge in [0.05, 0.1) is 18.2 Å². The predicted octanol–water partition coefficient (Wildman–Crippen LogP) is 2.87. The number of amides is 1. The third-order valence-corrected chi connectivity index (χ3v) is 4.85. The minimum atomic E-state index is -1.03. The molecule has 1 aromatic carbocycles. The van der Waals surface area contributed by atoms with Gasteiger partial charge in [-0.3, -0.25) is 4.79 Å². The van der Waals surface area contributed by atoms with Crippen LogP contribution in [0.2, 0.25) is 0 Å². The van der Waals surface area contributed by atoms with Crippen LogP contribution < -0.4 is 4.90 Å². The van der Waals surface area contributed by atoms with Crippen LogP contribution in [-0.4, -0.2) is 36.7 Å². The summed E-state index contributed by atoms with van der Waals surface area (Å²) in [5, 5.41) is 9.92. The van der Waals surface area contributed by atoms with Gasteiger partial charge in [0.2, 0.25) is 6.41 Å². The summed E-state index contributed by atoms with van der Waals surface area (Å²) in [5.74, 6) is -1.03. The molecule has 3 rings (SSSR count). The van der Waals surface area contributed by atoms with Gasteiger partial charge in [-0.15, -0.1) is 11.3 Å². The molecule has 0 radical (unpaired) electrons. The SMILES string of the molecule is O=CN(c1sc(-c2ccccc2)cc1C(=O)O)C1CCOC1. The number of carboxylic acids is 1. The van der Waals surface area contributed by atoms with Crippen molar-refractivity contribution in [3.8, 4) is 10.4 Å². The summed E-state index contributed by atoms with van der Waals surface area (Å²) in [6.07, 6.45) is 1.42. The molecular formula is C16H15NO4S. The number of ether oxygens (including phenoxy) is 1. The van der Waals surface area contributed by atoms with Gasteiger partial charge in [0.25, 0.3) is 0 Å². The van der Waals surface area contributed by atoms with E-state index in [-0.39, 0.29) is 11.6 Å². The number of thiophene rings is 1. The quantitative estimate of drug-likeness (QED) is 0.861. The van der Waals surface area contributed by atoms with E-state index >= 15 is 0 Å². The van der Waals surface area contributed by atoms with Crippen molar-refractivity contribution in [2.75, 3.05) is 18.1 Å². The molecule has 1 aliphatic rings. The average Bonchev–Trinajstić information content (AvgIpc) is 3.19. The Labute approximate surface area is 131 Å². The highest BCUT2D eigenvalue weighted by atomic mass is 32.1. The predicted molar refractivity (Wildman–Crippen MR) is 84.5 cm³/mol. The fourth-order valence-corrected chi connectivity index (χ4v) is 3.71. The van der Waals surface area contributed by atoms with Crippen molar-refractivity contribution in [1.29, 1.82) is 0 Å². The van der Waals surface area contributed by atoms with E-state index in [4.69, 9.17) is 4.74 Å². The van der Waals surface area contributed by atoms with Crippen LogP contribution in [0.4, 0.5) is 5.00 Å². The number of benzene rings is 1. The maximum atomic E-state index is 11.5. The van der Waals surface area contributed by atoms with Gasteiger partial charge in [0, 0.05) is 11.5 Å². The van der Waals surface area contributed by atoms with Gasteiger partial charge in [-0.05, 0) is 18.1 Å². The topological polar surface area (TPSA) is 66.8 Å². The molecule has 1 atom stereocenters. The van der Waals surface area contributed by atoms with E-state index in [2.05, 4.69) is 0 Å². The van der Waals surface area contributed by atoms with Crippen molar-refractivity contribution in [1.82, 2.24) is 0 Å². The van der Waals surface area contributed by atoms with Gasteiger partial charge < -0.3 is 14.7 Å². The van der Waals surface area contributed by atoms with E-state index in [1.54, 1.807) is 6.07 Å². The van der Waals surface area contributed by atoms with Crippen LogP contribution in [0.3, 0.4) is 0 Å². The van der Waals surface area contributed by atoms with Crippen LogP contribution in [0, 0.1) is 0 Å². The molecule has 22 heavy (non-hydrogen) atoms. The zero-order valence-corrected chi connectivity index (χ0v) is 12.6. The molecule has 1 fully saturated rings. The lowest BCUT2D eigenvalue weighted by Gasteiger charge is -2.22. The Hall–Kier alpha value is -2.18. The summed E-state index contributed by atoms with van der Waals surface area (Å²) in [5.41, 5.74) is 1.10. The number of hydrogen-bond donors (Lipinski definition) is 1. The van der Waals surface area contributed by atoms with Gasteiger partial charge in [0.1, 0.15) is 5.00 Å². The number of aromatic carboxylic acids is 1. The second-order valence-corrected chi connectivity index (χ2v) is 6.06. The van der Waals surface area contributed by atoms with Crippen LogP contribution in [-0.2, 0) is 9.53 Å². The van der Waals surface area contributed by atoms with Crippen molar-refractivity contribution in [2.45, 2.75) is 12.5 Å². The second-order valence-electron chi connectivity index (χ2n) is 5.03. The minimum absolute atomic E-state index is 0.0992. The maximum Gasteiger partial charge on any atom is 0.338 e. The van der Waals surface area contributed by atoms with Crippen LogP contribution in [0.1, 0.15) is 16.8 Å². The Bertz CT molecular complexity index is 677. The number of carbonyl (C=O) groups excluding carboxylic acids is 1. The Morgan fingerprint density at radius 1 is 1.36 bits per heavy atom. The summed E-state index contributed by atoms with van der Waals surface area (Å²) in [4.78, 5) is 25.4. The molecule has 1 saturated heterocycles. The number of anilines is 1. The summed E-state index contributed by atoms with van der Waals surface area (Å²) in [6.45, 7) is 1.03. The van der Waals surface area contributed by atoms with E-state index in [9.17, 15) is 14.7 Å². The first-order chi connectivity index (χ1) is 10.7. The molecule has 0 saturated carbocycles. The third kappa shape index (κ3) is 2.75. The Morgan fingerprint density at radius 3 is 2.73 bits per heavy atom. The maximum absolute atomic E-state index is 11.5. The molecule has 2 aromatic rings. The Morgan fingerprint density at radius 2 is 2.14 bits per heavy atom. The number of nitrogens with zero attached hydrogens (tertiary/aromatic N) is 1. The van der Waals surface area contributed by atoms with Gasteiger partial charge in [0.15, 0.2) is 0 Å². The fraction of sp³-hybridized carbons (Fsp3) is 0.250. The lowest BCUT2D eigenvalue weighted by Crippen LogP contribution is -2.34. The van der Waals surface area contributed by atoms with E-state index in [1.807, 2.05) is 30.3 Å². The molecule has 5 nitrogen and oxygen atoms in total. The molecule has 0 bridgehead atoms. The number of hydrogen-bond acceptors (Lipinski definition) is 4. The molecular weight excluding hydrogens is 302 g/mol. The molecule has 1 unspecified atom stereocenters. The summed E-state index contributed by atoms with van der Waals surface area (Å²) in [6, 6.07) is 11.1. The molecule has 1 N–H and O–H groups in total. The monoisotopic (exact) mass is 317 g/mol. The van der Waals surface area contributed by atoms with Crippen LogP contribution in [0.25, 0.3) is 10.4 Å². The molecule has 2 heterocycles. The smallest absolute Gasteiger partial charge is 0.338 e. The van der Waals surface area contributed by atoms with E-state index < -0.39 is 5.97 Å². The van der Waals surface area contributed by atoms with Crippen molar-refractivity contribution < 1.29 is 19.4 Å². The molecule has 1 amide bonds. The molecule has 0 aliphatic carbocycles. The lowest BCUT2D eigenvalue weighted by molar-refractivity contribution is -0.107. The van der Waals surface area contributed by atoms with Crippen molar-refractivity contribution in [3.63, 3.8) is 0 Å². The average molecular weight is 317 g/mol. The summed E-state index contributed by atoms with van der Waals surface area (Å²) < 4.78 is 5.31. The first kappa shape index (κ1) is 14.7. The summed E-state index contributed by atoms with van der Waals surface area (Å²) in [7, 11) is 0. The normalized spacial score (nSPS) is 17.4. The zero-order valence-electron chi connectivity index (χ0n) is 11.8. The highest BCUT2D eigenvalue weighted by Crippen LogP contribution is 2.38. The van der Waals surface area contributed by atoms with Gasteiger partial charge in [-0.1, -0.05) is 30.3 Å². The third-order valence-electron chi connectivity index (χ3n) is 3.65. The van der Waals surface area contributed by atoms with Crippen LogP contribution in [0.5, 0.6) is 0 Å². The summed E-state index contributed by atoms with van der Waals surface area (Å²) >= 11 is 1.32. The van der Waals surface area contributed by atoms with Gasteiger partial charge in [-0.2, -0.15) is 0 Å². The first-order valence-corrected chi connectivity index (χ1v) is 7.76. The van der Waals surface area contributed by atoms with Crippen LogP contribution >= 0.6 is 11.3 Å². The highest BCUT2D eigenvalue weighted by Gasteiger charge is 2.28. The van der Waals surface area contributed by atoms with E-state index in [1.165, 1.54) is 16.2 Å². The van der Waals surface area contributed by atoms with Crippen molar-refractivity contribution in [3.05, 3.63) is 42.0 Å². The molecule has 1 aromatic heterocycles. The molecule has 6 heteroatoms. The van der Waals surface area contributed by atoms with Gasteiger partial charge in [-0.25, -0.2) is 4.79 Å².